The Hall–Kier alpha value is -2.17. The molecular weight excluding hydrogens is 241 g/mol. The first kappa shape index (κ1) is 12.3. The molecule has 0 unspecified atom stereocenters. The molecule has 0 aromatic heterocycles. The summed E-state index contributed by atoms with van der Waals surface area (Å²) in [5.41, 5.74) is 10.8. The van der Waals surface area contributed by atoms with Crippen LogP contribution in [0.5, 0.6) is 0 Å². The number of benzene rings is 2. The second-order valence-corrected chi connectivity index (χ2v) is 3.89. The van der Waals surface area contributed by atoms with Gasteiger partial charge in [-0.15, -0.1) is 0 Å². The maximum atomic E-state index is 13.0. The third-order valence-corrected chi connectivity index (χ3v) is 2.60. The monoisotopic (exact) mass is 252 g/mol. The van der Waals surface area contributed by atoms with Crippen molar-refractivity contribution < 1.29 is 13.2 Å². The highest BCUT2D eigenvalue weighted by Gasteiger charge is 2.35. The van der Waals surface area contributed by atoms with Crippen LogP contribution in [-0.4, -0.2) is 0 Å². The highest BCUT2D eigenvalue weighted by Crippen LogP contribution is 2.40. The zero-order chi connectivity index (χ0) is 13.3. The Morgan fingerprint density at radius 1 is 0.833 bits per heavy atom. The van der Waals surface area contributed by atoms with Crippen LogP contribution >= 0.6 is 0 Å². The number of halogens is 3. The Morgan fingerprint density at radius 2 is 1.44 bits per heavy atom. The van der Waals surface area contributed by atoms with Gasteiger partial charge in [-0.05, 0) is 29.3 Å². The minimum absolute atomic E-state index is 0.0579. The SMILES string of the molecule is Nc1ccc(-c2cccc(N)c2C(F)(F)F)cc1. The average Bonchev–Trinajstić information content (AvgIpc) is 2.28. The summed E-state index contributed by atoms with van der Waals surface area (Å²) in [6.45, 7) is 0. The van der Waals surface area contributed by atoms with Crippen molar-refractivity contribution in [3.05, 3.63) is 48.0 Å². The molecular formula is C13H11F3N2. The molecule has 0 radical (unpaired) electrons. The predicted molar refractivity (Wildman–Crippen MR) is 65.7 cm³/mol. The van der Waals surface area contributed by atoms with Gasteiger partial charge in [0.05, 0.1) is 5.56 Å². The smallest absolute Gasteiger partial charge is 0.399 e. The van der Waals surface area contributed by atoms with Crippen LogP contribution in [0.2, 0.25) is 0 Å². The van der Waals surface area contributed by atoms with E-state index >= 15 is 0 Å². The van der Waals surface area contributed by atoms with Crippen molar-refractivity contribution in [3.8, 4) is 11.1 Å². The second-order valence-electron chi connectivity index (χ2n) is 3.89. The van der Waals surface area contributed by atoms with Gasteiger partial charge in [-0.3, -0.25) is 0 Å². The molecule has 0 fully saturated rings. The van der Waals surface area contributed by atoms with E-state index in [1.165, 1.54) is 18.2 Å². The van der Waals surface area contributed by atoms with Crippen molar-refractivity contribution in [2.45, 2.75) is 6.18 Å². The molecule has 0 aliphatic rings. The molecule has 4 N–H and O–H groups in total. The first-order valence-electron chi connectivity index (χ1n) is 5.21. The first-order chi connectivity index (χ1) is 8.39. The number of anilines is 2. The van der Waals surface area contributed by atoms with Crippen LogP contribution in [0.25, 0.3) is 11.1 Å². The fraction of sp³-hybridized carbons (Fsp3) is 0.0769. The maximum Gasteiger partial charge on any atom is 0.418 e. The number of hydrogen-bond acceptors (Lipinski definition) is 2. The predicted octanol–water partition coefficient (Wildman–Crippen LogP) is 3.54. The molecule has 0 aliphatic carbocycles. The molecule has 0 saturated heterocycles. The third kappa shape index (κ3) is 2.25. The Labute approximate surface area is 102 Å². The number of nitrogens with two attached hydrogens (primary N) is 2. The highest BCUT2D eigenvalue weighted by atomic mass is 19.4. The Morgan fingerprint density at radius 3 is 2.00 bits per heavy atom. The number of rotatable bonds is 1. The van der Waals surface area contributed by atoms with E-state index in [-0.39, 0.29) is 11.3 Å². The summed E-state index contributed by atoms with van der Waals surface area (Å²) in [6, 6.07) is 10.3. The molecule has 2 nitrogen and oxygen atoms in total. The van der Waals surface area contributed by atoms with Crippen molar-refractivity contribution in [2.75, 3.05) is 11.5 Å². The summed E-state index contributed by atoms with van der Waals surface area (Å²) < 4.78 is 38.9. The van der Waals surface area contributed by atoms with E-state index in [1.54, 1.807) is 24.3 Å². The summed E-state index contributed by atoms with van der Waals surface area (Å²) in [5, 5.41) is 0. The van der Waals surface area contributed by atoms with Crippen molar-refractivity contribution in [1.29, 1.82) is 0 Å². The molecule has 0 aliphatic heterocycles. The van der Waals surface area contributed by atoms with E-state index in [0.717, 1.165) is 0 Å². The Balaban J connectivity index is 2.65. The summed E-state index contributed by atoms with van der Waals surface area (Å²) in [4.78, 5) is 0. The minimum Gasteiger partial charge on any atom is -0.399 e. The van der Waals surface area contributed by atoms with Crippen LogP contribution < -0.4 is 11.5 Å². The van der Waals surface area contributed by atoms with Crippen LogP contribution in [-0.2, 0) is 6.18 Å². The van der Waals surface area contributed by atoms with Crippen molar-refractivity contribution >= 4 is 11.4 Å². The minimum atomic E-state index is -4.48. The third-order valence-electron chi connectivity index (χ3n) is 2.60. The molecule has 2 rings (SSSR count). The van der Waals surface area contributed by atoms with Gasteiger partial charge in [-0.1, -0.05) is 24.3 Å². The van der Waals surface area contributed by atoms with Crippen molar-refractivity contribution in [2.24, 2.45) is 0 Å². The van der Waals surface area contributed by atoms with Gasteiger partial charge in [0, 0.05) is 11.4 Å². The number of alkyl halides is 3. The highest BCUT2D eigenvalue weighted by molar-refractivity contribution is 5.74. The molecule has 18 heavy (non-hydrogen) atoms. The van der Waals surface area contributed by atoms with Crippen molar-refractivity contribution in [3.63, 3.8) is 0 Å². The quantitative estimate of drug-likeness (QED) is 0.763. The van der Waals surface area contributed by atoms with Crippen LogP contribution in [0.4, 0.5) is 24.5 Å². The van der Waals surface area contributed by atoms with Gasteiger partial charge in [0.1, 0.15) is 0 Å². The summed E-state index contributed by atoms with van der Waals surface area (Å²) in [5.74, 6) is 0. The maximum absolute atomic E-state index is 13.0. The molecule has 0 saturated carbocycles. The summed E-state index contributed by atoms with van der Waals surface area (Å²) in [6.07, 6.45) is -4.48. The zero-order valence-corrected chi connectivity index (χ0v) is 9.33. The normalized spacial score (nSPS) is 11.5. The lowest BCUT2D eigenvalue weighted by Crippen LogP contribution is -2.10. The number of hydrogen-bond donors (Lipinski definition) is 2. The molecule has 0 heterocycles. The number of nitrogen functional groups attached to an aromatic ring is 2. The molecule has 0 bridgehead atoms. The molecule has 2 aromatic rings. The van der Waals surface area contributed by atoms with E-state index < -0.39 is 11.7 Å². The Kier molecular flexibility index (Phi) is 2.90. The second kappa shape index (κ2) is 4.25. The molecule has 0 spiro atoms. The zero-order valence-electron chi connectivity index (χ0n) is 9.33. The molecule has 94 valence electrons. The van der Waals surface area contributed by atoms with E-state index in [2.05, 4.69) is 0 Å². The largest absolute Gasteiger partial charge is 0.418 e. The van der Waals surface area contributed by atoms with Gasteiger partial charge >= 0.3 is 6.18 Å². The molecule has 2 aromatic carbocycles. The van der Waals surface area contributed by atoms with E-state index in [0.29, 0.717) is 11.3 Å². The molecule has 0 amide bonds. The fourth-order valence-electron chi connectivity index (χ4n) is 1.79. The van der Waals surface area contributed by atoms with Gasteiger partial charge < -0.3 is 11.5 Å². The topological polar surface area (TPSA) is 52.0 Å². The fourth-order valence-corrected chi connectivity index (χ4v) is 1.79. The summed E-state index contributed by atoms with van der Waals surface area (Å²) in [7, 11) is 0. The van der Waals surface area contributed by atoms with E-state index in [1.807, 2.05) is 0 Å². The standard InChI is InChI=1S/C13H11F3N2/c14-13(15,16)12-10(2-1-3-11(12)18)8-4-6-9(17)7-5-8/h1-7H,17-18H2. The van der Waals surface area contributed by atoms with Gasteiger partial charge in [0.15, 0.2) is 0 Å². The lowest BCUT2D eigenvalue weighted by Gasteiger charge is -2.15. The van der Waals surface area contributed by atoms with Gasteiger partial charge in [0.25, 0.3) is 0 Å². The van der Waals surface area contributed by atoms with Crippen LogP contribution in [0.15, 0.2) is 42.5 Å². The Bertz CT molecular complexity index is 559. The van der Waals surface area contributed by atoms with Gasteiger partial charge in [0.2, 0.25) is 0 Å². The summed E-state index contributed by atoms with van der Waals surface area (Å²) >= 11 is 0. The van der Waals surface area contributed by atoms with Crippen LogP contribution in [0.1, 0.15) is 5.56 Å². The lowest BCUT2D eigenvalue weighted by molar-refractivity contribution is -0.136. The van der Waals surface area contributed by atoms with Crippen LogP contribution in [0, 0.1) is 0 Å². The van der Waals surface area contributed by atoms with Crippen molar-refractivity contribution in [1.82, 2.24) is 0 Å². The van der Waals surface area contributed by atoms with Crippen LogP contribution in [0.3, 0.4) is 0 Å². The van der Waals surface area contributed by atoms with E-state index in [4.69, 9.17) is 11.5 Å². The average molecular weight is 252 g/mol. The lowest BCUT2D eigenvalue weighted by atomic mass is 9.98. The van der Waals surface area contributed by atoms with E-state index in [9.17, 15) is 13.2 Å². The first-order valence-corrected chi connectivity index (χ1v) is 5.21. The molecule has 5 heteroatoms. The molecule has 0 atom stereocenters. The van der Waals surface area contributed by atoms with Gasteiger partial charge in [-0.25, -0.2) is 0 Å². The van der Waals surface area contributed by atoms with Gasteiger partial charge in [-0.2, -0.15) is 13.2 Å².